The number of hydrogen-bond acceptors (Lipinski definition) is 2. The van der Waals surface area contributed by atoms with E-state index >= 15 is 0 Å². The highest BCUT2D eigenvalue weighted by Gasteiger charge is 2.05. The highest BCUT2D eigenvalue weighted by molar-refractivity contribution is 7.84. The van der Waals surface area contributed by atoms with Gasteiger partial charge in [0.25, 0.3) is 0 Å². The van der Waals surface area contributed by atoms with Gasteiger partial charge in [0.2, 0.25) is 5.91 Å². The van der Waals surface area contributed by atoms with Crippen LogP contribution in [0.2, 0.25) is 0 Å². The summed E-state index contributed by atoms with van der Waals surface area (Å²) in [6.45, 7) is 0. The maximum Gasteiger partial charge on any atom is 0.230 e. The van der Waals surface area contributed by atoms with Gasteiger partial charge < -0.3 is 5.73 Å². The molecule has 0 radical (unpaired) electrons. The van der Waals surface area contributed by atoms with Crippen molar-refractivity contribution in [2.75, 3.05) is 5.75 Å². The second-order valence-electron chi connectivity index (χ2n) is 4.26. The van der Waals surface area contributed by atoms with Crippen LogP contribution in [0.4, 0.5) is 0 Å². The van der Waals surface area contributed by atoms with E-state index in [1.54, 1.807) is 0 Å². The molecule has 0 aliphatic heterocycles. The van der Waals surface area contributed by atoms with Gasteiger partial charge in [-0.3, -0.25) is 9.00 Å². The molecule has 2 aromatic rings. The van der Waals surface area contributed by atoms with Crippen LogP contribution in [0.15, 0.2) is 54.6 Å². The Kier molecular flexibility index (Phi) is 4.47. The maximum atomic E-state index is 11.6. The van der Waals surface area contributed by atoms with E-state index in [4.69, 9.17) is 5.73 Å². The van der Waals surface area contributed by atoms with E-state index in [1.165, 1.54) is 0 Å². The average molecular weight is 273 g/mol. The Labute approximate surface area is 114 Å². The van der Waals surface area contributed by atoms with Gasteiger partial charge in [0.1, 0.15) is 5.75 Å². The molecule has 0 saturated heterocycles. The molecule has 0 unspecified atom stereocenters. The molecule has 0 spiro atoms. The van der Waals surface area contributed by atoms with E-state index in [9.17, 15) is 9.00 Å². The van der Waals surface area contributed by atoms with Crippen LogP contribution in [-0.2, 0) is 21.3 Å². The van der Waals surface area contributed by atoms with Crippen molar-refractivity contribution < 1.29 is 9.00 Å². The van der Waals surface area contributed by atoms with Crippen molar-refractivity contribution in [3.63, 3.8) is 0 Å². The fraction of sp³-hybridized carbons (Fsp3) is 0.133. The van der Waals surface area contributed by atoms with Crippen molar-refractivity contribution in [1.29, 1.82) is 0 Å². The first-order valence-corrected chi connectivity index (χ1v) is 7.41. The van der Waals surface area contributed by atoms with Crippen LogP contribution < -0.4 is 5.73 Å². The van der Waals surface area contributed by atoms with Gasteiger partial charge in [-0.25, -0.2) is 0 Å². The molecule has 0 aliphatic rings. The van der Waals surface area contributed by atoms with Crippen LogP contribution in [0.1, 0.15) is 5.56 Å². The summed E-state index contributed by atoms with van der Waals surface area (Å²) in [5.74, 6) is -0.252. The topological polar surface area (TPSA) is 60.2 Å². The summed E-state index contributed by atoms with van der Waals surface area (Å²) >= 11 is 0. The standard InChI is InChI=1S/C15H15NO2S/c16-15(17)11-19(18)10-12-6-8-14(9-7-12)13-4-2-1-3-5-13/h1-9H,10-11H2,(H2,16,17)/t19-/m0/s1. The van der Waals surface area contributed by atoms with Gasteiger partial charge in [-0.15, -0.1) is 0 Å². The minimum absolute atomic E-state index is 0.0829. The molecule has 0 fully saturated rings. The van der Waals surface area contributed by atoms with Crippen molar-refractivity contribution in [3.05, 3.63) is 60.2 Å². The van der Waals surface area contributed by atoms with Crippen LogP contribution in [0.3, 0.4) is 0 Å². The number of nitrogens with two attached hydrogens (primary N) is 1. The van der Waals surface area contributed by atoms with Crippen LogP contribution in [0.25, 0.3) is 11.1 Å². The summed E-state index contributed by atoms with van der Waals surface area (Å²) in [6, 6.07) is 17.9. The third-order valence-corrected chi connectivity index (χ3v) is 3.95. The molecule has 3 nitrogen and oxygen atoms in total. The first-order valence-electron chi connectivity index (χ1n) is 5.93. The molecule has 98 valence electrons. The number of benzene rings is 2. The van der Waals surface area contributed by atoms with Gasteiger partial charge in [-0.1, -0.05) is 54.6 Å². The Morgan fingerprint density at radius 2 is 1.53 bits per heavy atom. The van der Waals surface area contributed by atoms with E-state index in [0.29, 0.717) is 5.75 Å². The molecule has 4 heteroatoms. The predicted molar refractivity (Wildman–Crippen MR) is 77.8 cm³/mol. The zero-order valence-corrected chi connectivity index (χ0v) is 11.2. The van der Waals surface area contributed by atoms with Crippen LogP contribution in [0.5, 0.6) is 0 Å². The summed E-state index contributed by atoms with van der Waals surface area (Å²) in [4.78, 5) is 10.7. The lowest BCUT2D eigenvalue weighted by atomic mass is 10.0. The van der Waals surface area contributed by atoms with Crippen LogP contribution in [0, 0.1) is 0 Å². The lowest BCUT2D eigenvalue weighted by molar-refractivity contribution is -0.115. The third kappa shape index (κ3) is 4.03. The fourth-order valence-electron chi connectivity index (χ4n) is 1.82. The van der Waals surface area contributed by atoms with Gasteiger partial charge >= 0.3 is 0 Å². The molecule has 0 saturated carbocycles. The van der Waals surface area contributed by atoms with Gasteiger partial charge in [0.15, 0.2) is 0 Å². The normalized spacial score (nSPS) is 12.0. The first kappa shape index (κ1) is 13.5. The van der Waals surface area contributed by atoms with Crippen molar-refractivity contribution in [2.24, 2.45) is 5.73 Å². The Balaban J connectivity index is 2.07. The second-order valence-corrected chi connectivity index (χ2v) is 5.71. The first-order chi connectivity index (χ1) is 9.15. The smallest absolute Gasteiger partial charge is 0.230 e. The molecule has 1 atom stereocenters. The molecular weight excluding hydrogens is 258 g/mol. The van der Waals surface area contributed by atoms with Crippen LogP contribution in [-0.4, -0.2) is 15.9 Å². The van der Waals surface area contributed by atoms with Gasteiger partial charge in [0.05, 0.1) is 0 Å². The average Bonchev–Trinajstić information content (AvgIpc) is 2.39. The van der Waals surface area contributed by atoms with E-state index in [2.05, 4.69) is 0 Å². The Morgan fingerprint density at radius 1 is 0.947 bits per heavy atom. The number of carbonyl (C=O) groups is 1. The zero-order chi connectivity index (χ0) is 13.7. The van der Waals surface area contributed by atoms with E-state index in [0.717, 1.165) is 16.7 Å². The van der Waals surface area contributed by atoms with Crippen molar-refractivity contribution in [2.45, 2.75) is 5.75 Å². The minimum atomic E-state index is -1.23. The molecule has 19 heavy (non-hydrogen) atoms. The summed E-state index contributed by atoms with van der Waals surface area (Å²) in [5, 5.41) is 0. The Hall–Kier alpha value is -1.94. The second kappa shape index (κ2) is 6.29. The Morgan fingerprint density at radius 3 is 2.11 bits per heavy atom. The highest BCUT2D eigenvalue weighted by Crippen LogP contribution is 2.19. The third-order valence-electron chi connectivity index (χ3n) is 2.69. The summed E-state index contributed by atoms with van der Waals surface area (Å²) in [5.41, 5.74) is 8.22. The molecule has 0 aliphatic carbocycles. The summed E-state index contributed by atoms with van der Waals surface area (Å²) < 4.78 is 11.6. The molecule has 0 heterocycles. The number of carbonyl (C=O) groups excluding carboxylic acids is 1. The maximum absolute atomic E-state index is 11.6. The molecule has 2 aromatic carbocycles. The van der Waals surface area contributed by atoms with Gasteiger partial charge in [-0.05, 0) is 16.7 Å². The van der Waals surface area contributed by atoms with Crippen molar-refractivity contribution >= 4 is 16.7 Å². The van der Waals surface area contributed by atoms with E-state index < -0.39 is 16.7 Å². The number of amides is 1. The van der Waals surface area contributed by atoms with Crippen molar-refractivity contribution in [3.8, 4) is 11.1 Å². The Bertz CT molecular complexity index is 579. The molecule has 2 rings (SSSR count). The fourth-order valence-corrected chi connectivity index (χ4v) is 2.80. The lowest BCUT2D eigenvalue weighted by Crippen LogP contribution is -2.20. The summed E-state index contributed by atoms with van der Waals surface area (Å²) in [7, 11) is -1.23. The SMILES string of the molecule is NC(=O)C[S@@](=O)Cc1ccc(-c2ccccc2)cc1. The predicted octanol–water partition coefficient (Wildman–Crippen LogP) is 2.09. The molecule has 2 N–H and O–H groups in total. The van der Waals surface area contributed by atoms with Gasteiger partial charge in [0, 0.05) is 16.6 Å². The summed E-state index contributed by atoms with van der Waals surface area (Å²) in [6.07, 6.45) is 0. The molecule has 1 amide bonds. The highest BCUT2D eigenvalue weighted by atomic mass is 32.2. The minimum Gasteiger partial charge on any atom is -0.369 e. The van der Waals surface area contributed by atoms with Crippen molar-refractivity contribution in [1.82, 2.24) is 0 Å². The van der Waals surface area contributed by atoms with Gasteiger partial charge in [-0.2, -0.15) is 0 Å². The monoisotopic (exact) mass is 273 g/mol. The van der Waals surface area contributed by atoms with Crippen LogP contribution >= 0.6 is 0 Å². The molecule has 0 bridgehead atoms. The number of primary amides is 1. The number of hydrogen-bond donors (Lipinski definition) is 1. The zero-order valence-electron chi connectivity index (χ0n) is 10.4. The molecular formula is C15H15NO2S. The van der Waals surface area contributed by atoms with E-state index in [-0.39, 0.29) is 5.75 Å². The lowest BCUT2D eigenvalue weighted by Gasteiger charge is -2.04. The number of rotatable bonds is 5. The van der Waals surface area contributed by atoms with E-state index in [1.807, 2.05) is 54.6 Å². The molecule has 0 aromatic heterocycles. The largest absolute Gasteiger partial charge is 0.369 e. The quantitative estimate of drug-likeness (QED) is 0.906.